The summed E-state index contributed by atoms with van der Waals surface area (Å²) >= 11 is 1.47. The number of ether oxygens (including phenoxy) is 1. The van der Waals surface area contributed by atoms with Crippen molar-refractivity contribution in [3.63, 3.8) is 0 Å². The zero-order valence-corrected chi connectivity index (χ0v) is 17.7. The van der Waals surface area contributed by atoms with Crippen LogP contribution < -0.4 is 0 Å². The second kappa shape index (κ2) is 8.35. The molecule has 2 aromatic carbocycles. The van der Waals surface area contributed by atoms with Crippen LogP contribution in [0, 0.1) is 5.82 Å². The number of fused-ring (bicyclic) bond motifs is 3. The molecule has 11 heteroatoms. The quantitative estimate of drug-likeness (QED) is 0.288. The topological polar surface area (TPSA) is 100 Å². The van der Waals surface area contributed by atoms with Gasteiger partial charge in [-0.3, -0.25) is 4.79 Å². The lowest BCUT2D eigenvalue weighted by Gasteiger charge is -2.03. The fourth-order valence-corrected chi connectivity index (χ4v) is 3.97. The van der Waals surface area contributed by atoms with E-state index < -0.39 is 5.97 Å². The van der Waals surface area contributed by atoms with E-state index in [1.165, 1.54) is 35.5 Å². The maximum atomic E-state index is 13.5. The first-order valence-electron chi connectivity index (χ1n) is 9.63. The predicted molar refractivity (Wildman–Crippen MR) is 115 cm³/mol. The van der Waals surface area contributed by atoms with Gasteiger partial charge in [0.05, 0.1) is 19.2 Å². The van der Waals surface area contributed by atoms with Gasteiger partial charge in [-0.1, -0.05) is 42.1 Å². The number of thioether (sulfide) groups is 1. The molecule has 0 aliphatic rings. The molecular formula is C21H16FN7O2S. The molecule has 0 saturated heterocycles. The first-order chi connectivity index (χ1) is 15.6. The van der Waals surface area contributed by atoms with Gasteiger partial charge < -0.3 is 4.74 Å². The van der Waals surface area contributed by atoms with Crippen molar-refractivity contribution < 1.29 is 13.9 Å². The Hall–Kier alpha value is -3.86. The molecule has 3 heterocycles. The summed E-state index contributed by atoms with van der Waals surface area (Å²) in [5.41, 5.74) is 2.95. The summed E-state index contributed by atoms with van der Waals surface area (Å²) < 4.78 is 21.3. The van der Waals surface area contributed by atoms with E-state index in [1.807, 2.05) is 30.3 Å². The van der Waals surface area contributed by atoms with Gasteiger partial charge in [0.15, 0.2) is 11.2 Å². The SMILES string of the molecule is COC(=O)Cc1nn(-c2ccc(F)cc2)c2c1nnc1nc(SCc3ccccc3)nn12. The molecule has 0 atom stereocenters. The molecule has 0 aliphatic carbocycles. The lowest BCUT2D eigenvalue weighted by Crippen LogP contribution is -2.06. The first kappa shape index (κ1) is 20.1. The number of hydrogen-bond acceptors (Lipinski definition) is 8. The molecule has 160 valence electrons. The minimum atomic E-state index is -0.463. The van der Waals surface area contributed by atoms with Gasteiger partial charge in [-0.25, -0.2) is 9.07 Å². The van der Waals surface area contributed by atoms with Crippen molar-refractivity contribution in [1.82, 2.24) is 34.6 Å². The van der Waals surface area contributed by atoms with Crippen LogP contribution in [-0.2, 0) is 21.7 Å². The van der Waals surface area contributed by atoms with Crippen molar-refractivity contribution >= 4 is 34.7 Å². The van der Waals surface area contributed by atoms with Crippen LogP contribution in [0.1, 0.15) is 11.3 Å². The number of rotatable bonds is 6. The summed E-state index contributed by atoms with van der Waals surface area (Å²) in [6.45, 7) is 0. The number of halogens is 1. The third-order valence-corrected chi connectivity index (χ3v) is 5.65. The zero-order chi connectivity index (χ0) is 22.1. The van der Waals surface area contributed by atoms with Crippen molar-refractivity contribution in [3.8, 4) is 5.69 Å². The standard InChI is InChI=1S/C21H16FN7O2S/c1-31-17(30)11-16-18-19(28(26-16)15-9-7-14(22)8-10-15)29-20(25-24-18)23-21(27-29)32-12-13-5-3-2-4-6-13/h2-10H,11-12H2,1H3. The van der Waals surface area contributed by atoms with Crippen molar-refractivity contribution in [3.05, 3.63) is 71.7 Å². The van der Waals surface area contributed by atoms with Gasteiger partial charge in [0.1, 0.15) is 11.5 Å². The largest absolute Gasteiger partial charge is 0.469 e. The number of esters is 1. The summed E-state index contributed by atoms with van der Waals surface area (Å²) in [7, 11) is 1.30. The van der Waals surface area contributed by atoms with Crippen molar-refractivity contribution in [2.75, 3.05) is 7.11 Å². The van der Waals surface area contributed by atoms with Gasteiger partial charge in [-0.05, 0) is 29.8 Å². The second-order valence-electron chi connectivity index (χ2n) is 6.84. The Labute approximate surface area is 185 Å². The number of carbonyl (C=O) groups excluding carboxylic acids is 1. The molecule has 3 aromatic heterocycles. The Bertz CT molecular complexity index is 1420. The highest BCUT2D eigenvalue weighted by Gasteiger charge is 2.22. The lowest BCUT2D eigenvalue weighted by molar-refractivity contribution is -0.139. The predicted octanol–water partition coefficient (Wildman–Crippen LogP) is 3.01. The zero-order valence-electron chi connectivity index (χ0n) is 16.8. The highest BCUT2D eigenvalue weighted by Crippen LogP contribution is 2.24. The molecule has 9 nitrogen and oxygen atoms in total. The number of hydrogen-bond donors (Lipinski definition) is 0. The van der Waals surface area contributed by atoms with E-state index in [0.29, 0.717) is 39.2 Å². The molecule has 0 bridgehead atoms. The minimum Gasteiger partial charge on any atom is -0.469 e. The molecule has 0 saturated carbocycles. The van der Waals surface area contributed by atoms with E-state index in [2.05, 4.69) is 25.4 Å². The summed E-state index contributed by atoms with van der Waals surface area (Å²) in [6.07, 6.45) is -0.0916. The highest BCUT2D eigenvalue weighted by atomic mass is 32.2. The van der Waals surface area contributed by atoms with Gasteiger partial charge in [0.25, 0.3) is 5.78 Å². The van der Waals surface area contributed by atoms with E-state index in [1.54, 1.807) is 16.8 Å². The van der Waals surface area contributed by atoms with E-state index >= 15 is 0 Å². The molecule has 0 radical (unpaired) electrons. The average Bonchev–Trinajstić information content (AvgIpc) is 3.40. The Balaban J connectivity index is 1.62. The van der Waals surface area contributed by atoms with Crippen LogP contribution in [0.4, 0.5) is 4.39 Å². The number of carbonyl (C=O) groups is 1. The Morgan fingerprint density at radius 1 is 1.06 bits per heavy atom. The Morgan fingerprint density at radius 3 is 2.59 bits per heavy atom. The Morgan fingerprint density at radius 2 is 1.84 bits per heavy atom. The van der Waals surface area contributed by atoms with Crippen LogP contribution >= 0.6 is 11.8 Å². The smallest absolute Gasteiger partial charge is 0.311 e. The van der Waals surface area contributed by atoms with Crippen LogP contribution in [0.2, 0.25) is 0 Å². The van der Waals surface area contributed by atoms with Crippen LogP contribution in [0.3, 0.4) is 0 Å². The van der Waals surface area contributed by atoms with Crippen molar-refractivity contribution in [1.29, 1.82) is 0 Å². The molecular weight excluding hydrogens is 433 g/mol. The molecule has 0 spiro atoms. The van der Waals surface area contributed by atoms with Gasteiger partial charge >= 0.3 is 5.97 Å². The average molecular weight is 449 g/mol. The van der Waals surface area contributed by atoms with Crippen molar-refractivity contribution in [2.45, 2.75) is 17.3 Å². The summed E-state index contributed by atoms with van der Waals surface area (Å²) in [4.78, 5) is 16.4. The molecule has 0 N–H and O–H groups in total. The summed E-state index contributed by atoms with van der Waals surface area (Å²) in [6, 6.07) is 15.8. The summed E-state index contributed by atoms with van der Waals surface area (Å²) in [5.74, 6) is 0.153. The third-order valence-electron chi connectivity index (χ3n) is 4.74. The fraction of sp³-hybridized carbons (Fsp3) is 0.143. The number of methoxy groups -OCH3 is 1. The monoisotopic (exact) mass is 449 g/mol. The summed E-state index contributed by atoms with van der Waals surface area (Å²) in [5, 5.41) is 18.0. The van der Waals surface area contributed by atoms with Crippen LogP contribution in [-0.4, -0.2) is 47.7 Å². The van der Waals surface area contributed by atoms with Crippen molar-refractivity contribution in [2.24, 2.45) is 0 Å². The third kappa shape index (κ3) is 3.78. The maximum absolute atomic E-state index is 13.5. The van der Waals surface area contributed by atoms with E-state index in [-0.39, 0.29) is 12.2 Å². The Kier molecular flexibility index (Phi) is 5.23. The molecule has 0 amide bonds. The molecule has 5 rings (SSSR count). The van der Waals surface area contributed by atoms with E-state index in [4.69, 9.17) is 4.74 Å². The maximum Gasteiger partial charge on any atom is 0.311 e. The molecule has 0 unspecified atom stereocenters. The van der Waals surface area contributed by atoms with E-state index in [9.17, 15) is 9.18 Å². The number of nitrogens with zero attached hydrogens (tertiary/aromatic N) is 7. The van der Waals surface area contributed by atoms with Crippen LogP contribution in [0.15, 0.2) is 59.8 Å². The molecule has 5 aromatic rings. The number of benzene rings is 2. The lowest BCUT2D eigenvalue weighted by atomic mass is 10.2. The van der Waals surface area contributed by atoms with Crippen LogP contribution in [0.5, 0.6) is 0 Å². The number of aromatic nitrogens is 7. The van der Waals surface area contributed by atoms with Gasteiger partial charge in [-0.15, -0.1) is 15.3 Å². The van der Waals surface area contributed by atoms with Gasteiger partial charge in [-0.2, -0.15) is 14.6 Å². The first-order valence-corrected chi connectivity index (χ1v) is 10.6. The highest BCUT2D eigenvalue weighted by molar-refractivity contribution is 7.98. The molecule has 0 aliphatic heterocycles. The molecule has 32 heavy (non-hydrogen) atoms. The molecule has 0 fully saturated rings. The van der Waals surface area contributed by atoms with Gasteiger partial charge in [0, 0.05) is 5.75 Å². The van der Waals surface area contributed by atoms with Gasteiger partial charge in [0.2, 0.25) is 5.16 Å². The van der Waals surface area contributed by atoms with Crippen LogP contribution in [0.25, 0.3) is 22.6 Å². The van der Waals surface area contributed by atoms with E-state index in [0.717, 1.165) is 5.56 Å². The minimum absolute atomic E-state index is 0.0916. The normalized spacial score (nSPS) is 11.3. The second-order valence-corrected chi connectivity index (χ2v) is 7.78. The fourth-order valence-electron chi connectivity index (χ4n) is 3.20.